The van der Waals surface area contributed by atoms with Crippen molar-refractivity contribution in [3.63, 3.8) is 0 Å². The van der Waals surface area contributed by atoms with E-state index < -0.39 is 0 Å². The molecule has 0 aliphatic carbocycles. The van der Waals surface area contributed by atoms with Crippen molar-refractivity contribution in [2.45, 2.75) is 19.8 Å². The van der Waals surface area contributed by atoms with Gasteiger partial charge in [0.15, 0.2) is 5.82 Å². The number of nitrogens with zero attached hydrogens (tertiary/aromatic N) is 3. The van der Waals surface area contributed by atoms with Gasteiger partial charge in [-0.25, -0.2) is 0 Å². The Hall–Kier alpha value is -2.95. The summed E-state index contributed by atoms with van der Waals surface area (Å²) in [5, 5.41) is 5.29. The molecule has 0 saturated heterocycles. The molecule has 0 aliphatic heterocycles. The summed E-state index contributed by atoms with van der Waals surface area (Å²) in [6.45, 7) is 2.13. The minimum absolute atomic E-state index is 0.531. The van der Waals surface area contributed by atoms with Gasteiger partial charge in [-0.1, -0.05) is 36.3 Å². The number of aromatic amines is 1. The van der Waals surface area contributed by atoms with E-state index in [0.29, 0.717) is 18.1 Å². The lowest BCUT2D eigenvalue weighted by molar-refractivity contribution is 0.422. The van der Waals surface area contributed by atoms with Crippen LogP contribution in [0.4, 0.5) is 0 Å². The van der Waals surface area contributed by atoms with Crippen molar-refractivity contribution in [1.29, 1.82) is 0 Å². The summed E-state index contributed by atoms with van der Waals surface area (Å²) in [7, 11) is 0. The van der Waals surface area contributed by atoms with Crippen molar-refractivity contribution in [3.8, 4) is 11.6 Å². The highest BCUT2D eigenvalue weighted by Gasteiger charge is 2.17. The summed E-state index contributed by atoms with van der Waals surface area (Å²) in [6, 6.07) is 14.0. The SMILES string of the molecule is CCc1c(-c2nc(Cc3ccccn3)no2)[nH]c2ccccc12. The average Bonchev–Trinajstić information content (AvgIpc) is 3.19. The van der Waals surface area contributed by atoms with Crippen molar-refractivity contribution >= 4 is 10.9 Å². The number of hydrogen-bond acceptors (Lipinski definition) is 4. The van der Waals surface area contributed by atoms with Gasteiger partial charge in [-0.05, 0) is 30.2 Å². The van der Waals surface area contributed by atoms with E-state index in [4.69, 9.17) is 4.52 Å². The molecule has 114 valence electrons. The molecule has 0 unspecified atom stereocenters. The number of aromatic nitrogens is 4. The van der Waals surface area contributed by atoms with Crippen molar-refractivity contribution in [2.75, 3.05) is 0 Å². The highest BCUT2D eigenvalue weighted by Crippen LogP contribution is 2.29. The predicted octanol–water partition coefficient (Wildman–Crippen LogP) is 3.77. The number of para-hydroxylation sites is 1. The fourth-order valence-corrected chi connectivity index (χ4v) is 2.84. The molecule has 0 radical (unpaired) electrons. The Kier molecular flexibility index (Phi) is 3.38. The standard InChI is InChI=1S/C18H16N4O/c1-2-13-14-8-3-4-9-15(14)20-17(13)18-21-16(22-23-18)11-12-7-5-6-10-19-12/h3-10,20H,2,11H2,1H3. The van der Waals surface area contributed by atoms with Crippen molar-refractivity contribution < 1.29 is 4.52 Å². The van der Waals surface area contributed by atoms with E-state index in [1.54, 1.807) is 6.20 Å². The van der Waals surface area contributed by atoms with Crippen molar-refractivity contribution in [3.05, 3.63) is 65.7 Å². The monoisotopic (exact) mass is 304 g/mol. The van der Waals surface area contributed by atoms with E-state index in [2.05, 4.69) is 39.2 Å². The quantitative estimate of drug-likeness (QED) is 0.623. The highest BCUT2D eigenvalue weighted by atomic mass is 16.5. The average molecular weight is 304 g/mol. The zero-order valence-electron chi connectivity index (χ0n) is 12.8. The van der Waals surface area contributed by atoms with E-state index in [-0.39, 0.29) is 0 Å². The molecule has 5 nitrogen and oxygen atoms in total. The molecule has 5 heteroatoms. The lowest BCUT2D eigenvalue weighted by Gasteiger charge is -1.96. The van der Waals surface area contributed by atoms with Gasteiger partial charge in [0, 0.05) is 22.8 Å². The maximum atomic E-state index is 5.47. The van der Waals surface area contributed by atoms with E-state index in [1.807, 2.05) is 30.3 Å². The van der Waals surface area contributed by atoms with Crippen LogP contribution in [0.25, 0.3) is 22.5 Å². The number of fused-ring (bicyclic) bond motifs is 1. The molecule has 0 saturated carbocycles. The molecule has 4 aromatic rings. The molecule has 0 spiro atoms. The Bertz CT molecular complexity index is 940. The number of pyridine rings is 1. The molecule has 4 rings (SSSR count). The third kappa shape index (κ3) is 2.50. The highest BCUT2D eigenvalue weighted by molar-refractivity contribution is 5.89. The summed E-state index contributed by atoms with van der Waals surface area (Å²) in [4.78, 5) is 12.2. The van der Waals surface area contributed by atoms with Crippen molar-refractivity contribution in [1.82, 2.24) is 20.1 Å². The van der Waals surface area contributed by atoms with Crippen LogP contribution in [0.5, 0.6) is 0 Å². The fourth-order valence-electron chi connectivity index (χ4n) is 2.84. The van der Waals surface area contributed by atoms with Crippen molar-refractivity contribution in [2.24, 2.45) is 0 Å². The van der Waals surface area contributed by atoms with Crippen LogP contribution >= 0.6 is 0 Å². The Labute approximate surface area is 133 Å². The van der Waals surface area contributed by atoms with E-state index in [9.17, 15) is 0 Å². The van der Waals surface area contributed by atoms with Crippen LogP contribution in [0.3, 0.4) is 0 Å². The van der Waals surface area contributed by atoms with E-state index in [1.165, 1.54) is 10.9 Å². The van der Waals surface area contributed by atoms with Gasteiger partial charge < -0.3 is 9.51 Å². The second kappa shape index (κ2) is 5.68. The molecule has 0 atom stereocenters. The molecule has 0 bridgehead atoms. The maximum absolute atomic E-state index is 5.47. The molecular weight excluding hydrogens is 288 g/mol. The summed E-state index contributed by atoms with van der Waals surface area (Å²) >= 11 is 0. The zero-order chi connectivity index (χ0) is 15.6. The van der Waals surface area contributed by atoms with Gasteiger partial charge in [-0.15, -0.1) is 0 Å². The molecule has 0 aliphatic rings. The van der Waals surface area contributed by atoms with Crippen LogP contribution in [0.15, 0.2) is 53.2 Å². The van der Waals surface area contributed by atoms with Crippen LogP contribution in [0, 0.1) is 0 Å². The van der Waals surface area contributed by atoms with E-state index >= 15 is 0 Å². The number of hydrogen-bond donors (Lipinski definition) is 1. The largest absolute Gasteiger partial charge is 0.350 e. The number of benzene rings is 1. The third-order valence-electron chi connectivity index (χ3n) is 3.91. The smallest absolute Gasteiger partial charge is 0.274 e. The Morgan fingerprint density at radius 2 is 1.96 bits per heavy atom. The summed E-state index contributed by atoms with van der Waals surface area (Å²) in [5.41, 5.74) is 4.12. The second-order valence-electron chi connectivity index (χ2n) is 5.39. The first-order valence-electron chi connectivity index (χ1n) is 7.67. The minimum Gasteiger partial charge on any atom is -0.350 e. The normalized spacial score (nSPS) is 11.2. The van der Waals surface area contributed by atoms with Gasteiger partial charge in [-0.3, -0.25) is 4.98 Å². The minimum atomic E-state index is 0.531. The first kappa shape index (κ1) is 13.7. The second-order valence-corrected chi connectivity index (χ2v) is 5.39. The lowest BCUT2D eigenvalue weighted by Crippen LogP contribution is -1.93. The van der Waals surface area contributed by atoms with E-state index in [0.717, 1.165) is 23.3 Å². The van der Waals surface area contributed by atoms with Crippen LogP contribution in [-0.4, -0.2) is 20.1 Å². The lowest BCUT2D eigenvalue weighted by atomic mass is 10.1. The molecule has 3 aromatic heterocycles. The molecule has 0 amide bonds. The topological polar surface area (TPSA) is 67.6 Å². The zero-order valence-corrected chi connectivity index (χ0v) is 12.8. The van der Waals surface area contributed by atoms with Gasteiger partial charge >= 0.3 is 0 Å². The first-order chi connectivity index (χ1) is 11.3. The summed E-state index contributed by atoms with van der Waals surface area (Å²) in [6.07, 6.45) is 3.23. The summed E-state index contributed by atoms with van der Waals surface area (Å²) < 4.78 is 5.47. The van der Waals surface area contributed by atoms with Gasteiger partial charge in [0.1, 0.15) is 5.69 Å². The van der Waals surface area contributed by atoms with Gasteiger partial charge in [-0.2, -0.15) is 4.98 Å². The number of rotatable bonds is 4. The Balaban J connectivity index is 1.72. The molecule has 1 aromatic carbocycles. The van der Waals surface area contributed by atoms with Gasteiger partial charge in [0.25, 0.3) is 5.89 Å². The molecular formula is C18H16N4O. The molecule has 3 heterocycles. The summed E-state index contributed by atoms with van der Waals surface area (Å²) in [5.74, 6) is 1.17. The third-order valence-corrected chi connectivity index (χ3v) is 3.91. The van der Waals surface area contributed by atoms with Crippen LogP contribution < -0.4 is 0 Å². The maximum Gasteiger partial charge on any atom is 0.274 e. The van der Waals surface area contributed by atoms with Gasteiger partial charge in [0.2, 0.25) is 0 Å². The first-order valence-corrected chi connectivity index (χ1v) is 7.67. The molecule has 1 N–H and O–H groups in total. The van der Waals surface area contributed by atoms with Crippen LogP contribution in [-0.2, 0) is 12.8 Å². The molecule has 0 fully saturated rings. The number of H-pyrrole nitrogens is 1. The Morgan fingerprint density at radius 1 is 1.09 bits per heavy atom. The van der Waals surface area contributed by atoms with Crippen LogP contribution in [0.2, 0.25) is 0 Å². The number of nitrogens with one attached hydrogen (secondary N) is 1. The fraction of sp³-hybridized carbons (Fsp3) is 0.167. The van der Waals surface area contributed by atoms with Gasteiger partial charge in [0.05, 0.1) is 6.42 Å². The molecule has 23 heavy (non-hydrogen) atoms. The Morgan fingerprint density at radius 3 is 2.78 bits per heavy atom. The number of aryl methyl sites for hydroxylation is 1. The van der Waals surface area contributed by atoms with Crippen LogP contribution in [0.1, 0.15) is 24.0 Å². The predicted molar refractivity (Wildman–Crippen MR) is 88.0 cm³/mol.